The van der Waals surface area contributed by atoms with Crippen molar-refractivity contribution in [3.8, 4) is 0 Å². The molecule has 0 fully saturated rings. The quantitative estimate of drug-likeness (QED) is 0.574. The van der Waals surface area contributed by atoms with E-state index in [0.717, 1.165) is 16.5 Å². The first-order valence-corrected chi connectivity index (χ1v) is 6.82. The number of carbonyl (C=O) groups excluding carboxylic acids is 1. The van der Waals surface area contributed by atoms with Crippen molar-refractivity contribution in [3.05, 3.63) is 65.6 Å². The van der Waals surface area contributed by atoms with Crippen LogP contribution in [-0.4, -0.2) is 20.9 Å². The zero-order chi connectivity index (χ0) is 15.5. The van der Waals surface area contributed by atoms with Crippen LogP contribution in [0.4, 0.5) is 4.39 Å². The molecule has 0 radical (unpaired) electrons. The Morgan fingerprint density at radius 2 is 2.00 bits per heavy atom. The summed E-state index contributed by atoms with van der Waals surface area (Å²) in [6.45, 7) is 0.610. The second-order valence-corrected chi connectivity index (χ2v) is 4.96. The summed E-state index contributed by atoms with van der Waals surface area (Å²) < 4.78 is 14.7. The molecule has 0 bridgehead atoms. The van der Waals surface area contributed by atoms with Crippen LogP contribution in [0, 0.1) is 5.82 Å². The molecule has 0 saturated carbocycles. The van der Waals surface area contributed by atoms with Crippen LogP contribution in [0.25, 0.3) is 10.9 Å². The lowest BCUT2D eigenvalue weighted by atomic mass is 10.1. The number of fused-ring (bicyclic) bond motifs is 1. The molecule has 0 saturated heterocycles. The highest BCUT2D eigenvalue weighted by atomic mass is 19.1. The van der Waals surface area contributed by atoms with Crippen LogP contribution in [0.3, 0.4) is 0 Å². The number of carbonyl (C=O) groups is 1. The van der Waals surface area contributed by atoms with Gasteiger partial charge < -0.3 is 0 Å². The van der Waals surface area contributed by atoms with Gasteiger partial charge in [0.2, 0.25) is 0 Å². The van der Waals surface area contributed by atoms with Crippen LogP contribution in [-0.2, 0) is 13.0 Å². The molecule has 0 atom stereocenters. The van der Waals surface area contributed by atoms with Gasteiger partial charge in [-0.25, -0.2) is 9.87 Å². The van der Waals surface area contributed by atoms with Crippen LogP contribution < -0.4 is 5.48 Å². The first-order chi connectivity index (χ1) is 10.7. The number of hydroxylamine groups is 1. The second kappa shape index (κ2) is 5.95. The summed E-state index contributed by atoms with van der Waals surface area (Å²) >= 11 is 0. The second-order valence-electron chi connectivity index (χ2n) is 4.96. The Balaban J connectivity index is 1.84. The predicted octanol–water partition coefficient (Wildman–Crippen LogP) is 2.54. The van der Waals surface area contributed by atoms with Crippen LogP contribution in [0.1, 0.15) is 15.9 Å². The minimum absolute atomic E-state index is 0.257. The summed E-state index contributed by atoms with van der Waals surface area (Å²) in [7, 11) is 0. The Morgan fingerprint density at radius 3 is 2.73 bits per heavy atom. The number of nitrogens with one attached hydrogen (secondary N) is 1. The summed E-state index contributed by atoms with van der Waals surface area (Å²) in [5.74, 6) is -0.818. The molecule has 3 aromatic rings. The van der Waals surface area contributed by atoms with Crippen molar-refractivity contribution in [1.82, 2.24) is 15.3 Å². The molecular formula is C16H14FN3O2. The van der Waals surface area contributed by atoms with E-state index in [-0.39, 0.29) is 5.82 Å². The normalized spacial score (nSPS) is 10.8. The molecule has 5 nitrogen and oxygen atoms in total. The predicted molar refractivity (Wildman–Crippen MR) is 79.1 cm³/mol. The zero-order valence-corrected chi connectivity index (χ0v) is 11.7. The third-order valence-electron chi connectivity index (χ3n) is 3.53. The summed E-state index contributed by atoms with van der Waals surface area (Å²) in [6.07, 6.45) is 2.42. The molecule has 6 heteroatoms. The number of amides is 1. The molecule has 0 aliphatic rings. The molecule has 0 spiro atoms. The van der Waals surface area contributed by atoms with E-state index in [4.69, 9.17) is 5.21 Å². The van der Waals surface area contributed by atoms with Gasteiger partial charge in [-0.3, -0.25) is 14.7 Å². The summed E-state index contributed by atoms with van der Waals surface area (Å²) in [5, 5.41) is 13.9. The fourth-order valence-electron chi connectivity index (χ4n) is 2.34. The molecule has 1 aromatic heterocycles. The number of hydrogen-bond donors (Lipinski definition) is 2. The number of rotatable bonds is 4. The van der Waals surface area contributed by atoms with Gasteiger partial charge in [-0.05, 0) is 36.2 Å². The molecule has 1 amide bonds. The summed E-state index contributed by atoms with van der Waals surface area (Å²) in [4.78, 5) is 11.5. The van der Waals surface area contributed by atoms with E-state index in [0.29, 0.717) is 18.5 Å². The number of aromatic nitrogens is 2. The third kappa shape index (κ3) is 2.82. The lowest BCUT2D eigenvalue weighted by Gasteiger charge is -2.05. The Bertz CT molecular complexity index is 812. The molecule has 0 aliphatic carbocycles. The van der Waals surface area contributed by atoms with Gasteiger partial charge in [-0.1, -0.05) is 18.2 Å². The SMILES string of the molecule is O=C(NO)c1ccc2cnn(CCc3ccc(F)cc3)c2c1. The van der Waals surface area contributed by atoms with Gasteiger partial charge >= 0.3 is 0 Å². The first-order valence-electron chi connectivity index (χ1n) is 6.82. The van der Waals surface area contributed by atoms with Crippen LogP contribution >= 0.6 is 0 Å². The lowest BCUT2D eigenvalue weighted by Crippen LogP contribution is -2.18. The number of aryl methyl sites for hydroxylation is 2. The fourth-order valence-corrected chi connectivity index (χ4v) is 2.34. The van der Waals surface area contributed by atoms with E-state index in [2.05, 4.69) is 5.10 Å². The van der Waals surface area contributed by atoms with Gasteiger partial charge in [0.1, 0.15) is 5.82 Å². The lowest BCUT2D eigenvalue weighted by molar-refractivity contribution is 0.0706. The maximum absolute atomic E-state index is 12.9. The van der Waals surface area contributed by atoms with Crippen molar-refractivity contribution in [2.75, 3.05) is 0 Å². The maximum Gasteiger partial charge on any atom is 0.274 e. The van der Waals surface area contributed by atoms with Crippen molar-refractivity contribution in [3.63, 3.8) is 0 Å². The van der Waals surface area contributed by atoms with Gasteiger partial charge in [0.25, 0.3) is 5.91 Å². The van der Waals surface area contributed by atoms with E-state index in [1.54, 1.807) is 46.7 Å². The van der Waals surface area contributed by atoms with Crippen LogP contribution in [0.15, 0.2) is 48.7 Å². The topological polar surface area (TPSA) is 67.2 Å². The van der Waals surface area contributed by atoms with Gasteiger partial charge in [-0.2, -0.15) is 5.10 Å². The van der Waals surface area contributed by atoms with Crippen molar-refractivity contribution in [1.29, 1.82) is 0 Å². The Hall–Kier alpha value is -2.73. The third-order valence-corrected chi connectivity index (χ3v) is 3.53. The summed E-state index contributed by atoms with van der Waals surface area (Å²) in [5.41, 5.74) is 3.79. The molecule has 0 unspecified atom stereocenters. The van der Waals surface area contributed by atoms with Crippen molar-refractivity contribution in [2.45, 2.75) is 13.0 Å². The molecule has 22 heavy (non-hydrogen) atoms. The van der Waals surface area contributed by atoms with Gasteiger partial charge in [0.15, 0.2) is 0 Å². The maximum atomic E-state index is 12.9. The van der Waals surface area contributed by atoms with Crippen LogP contribution in [0.5, 0.6) is 0 Å². The van der Waals surface area contributed by atoms with E-state index in [1.807, 2.05) is 0 Å². The molecule has 112 valence electrons. The average molecular weight is 299 g/mol. The average Bonchev–Trinajstić information content (AvgIpc) is 2.96. The zero-order valence-electron chi connectivity index (χ0n) is 11.7. The van der Waals surface area contributed by atoms with E-state index in [1.165, 1.54) is 12.1 Å². The van der Waals surface area contributed by atoms with Gasteiger partial charge in [0.05, 0.1) is 11.7 Å². The summed E-state index contributed by atoms with van der Waals surface area (Å²) in [6, 6.07) is 11.4. The highest BCUT2D eigenvalue weighted by Crippen LogP contribution is 2.16. The highest BCUT2D eigenvalue weighted by molar-refractivity contribution is 5.97. The van der Waals surface area contributed by atoms with E-state index in [9.17, 15) is 9.18 Å². The molecule has 0 aliphatic heterocycles. The number of hydrogen-bond acceptors (Lipinski definition) is 3. The molecule has 2 N–H and O–H groups in total. The molecule has 3 rings (SSSR count). The minimum atomic E-state index is -0.562. The largest absolute Gasteiger partial charge is 0.288 e. The van der Waals surface area contributed by atoms with Gasteiger partial charge in [0, 0.05) is 17.5 Å². The monoisotopic (exact) mass is 299 g/mol. The standard InChI is InChI=1S/C16H14FN3O2/c17-14-5-1-11(2-6-14)7-8-20-15-9-12(16(21)19-22)3-4-13(15)10-18-20/h1-6,9-10,22H,7-8H2,(H,19,21). The fraction of sp³-hybridized carbons (Fsp3) is 0.125. The highest BCUT2D eigenvalue weighted by Gasteiger charge is 2.08. The number of benzene rings is 2. The Morgan fingerprint density at radius 1 is 1.23 bits per heavy atom. The van der Waals surface area contributed by atoms with Crippen molar-refractivity contribution in [2.24, 2.45) is 0 Å². The molecular weight excluding hydrogens is 285 g/mol. The van der Waals surface area contributed by atoms with Crippen LogP contribution in [0.2, 0.25) is 0 Å². The van der Waals surface area contributed by atoms with Crippen molar-refractivity contribution < 1.29 is 14.4 Å². The van der Waals surface area contributed by atoms with E-state index >= 15 is 0 Å². The molecule has 1 heterocycles. The Kier molecular flexibility index (Phi) is 3.84. The number of nitrogens with zero attached hydrogens (tertiary/aromatic N) is 2. The van der Waals surface area contributed by atoms with Gasteiger partial charge in [-0.15, -0.1) is 0 Å². The number of halogens is 1. The Labute approximate surface area is 125 Å². The smallest absolute Gasteiger partial charge is 0.274 e. The minimum Gasteiger partial charge on any atom is -0.288 e. The first kappa shape index (κ1) is 14.2. The molecule has 2 aromatic carbocycles. The van der Waals surface area contributed by atoms with E-state index < -0.39 is 5.91 Å². The van der Waals surface area contributed by atoms with Crippen molar-refractivity contribution >= 4 is 16.8 Å².